The molecule has 0 amide bonds. The molecule has 1 aliphatic heterocycles. The second-order valence-electron chi connectivity index (χ2n) is 6.49. The third-order valence-corrected chi connectivity index (χ3v) is 4.64. The number of aliphatic imine (C=N–C) groups is 1. The van der Waals surface area contributed by atoms with Crippen molar-refractivity contribution in [3.63, 3.8) is 0 Å². The van der Waals surface area contributed by atoms with Crippen LogP contribution in [0.5, 0.6) is 0 Å². The molecule has 3 rings (SSSR count). The Bertz CT molecular complexity index is 912. The maximum atomic E-state index is 11.0. The maximum absolute atomic E-state index is 11.0. The van der Waals surface area contributed by atoms with Crippen LogP contribution in [0.15, 0.2) is 59.5 Å². The van der Waals surface area contributed by atoms with Crippen LogP contribution in [0.25, 0.3) is 10.9 Å². The van der Waals surface area contributed by atoms with Gasteiger partial charge in [0.15, 0.2) is 0 Å². The van der Waals surface area contributed by atoms with Gasteiger partial charge in [-0.1, -0.05) is 12.7 Å². The summed E-state index contributed by atoms with van der Waals surface area (Å²) in [5, 5.41) is 13.2. The molecule has 0 aliphatic carbocycles. The first-order chi connectivity index (χ1) is 13.1. The maximum Gasteiger partial charge on any atom is 0.336 e. The van der Waals surface area contributed by atoms with Gasteiger partial charge in [0.05, 0.1) is 16.8 Å². The van der Waals surface area contributed by atoms with Crippen molar-refractivity contribution in [2.75, 3.05) is 23.3 Å². The minimum absolute atomic E-state index is 0.116. The Morgan fingerprint density at radius 2 is 2.07 bits per heavy atom. The molecule has 0 bridgehead atoms. The van der Waals surface area contributed by atoms with E-state index in [1.54, 1.807) is 13.1 Å². The smallest absolute Gasteiger partial charge is 0.336 e. The van der Waals surface area contributed by atoms with Gasteiger partial charge >= 0.3 is 5.97 Å². The zero-order valence-electron chi connectivity index (χ0n) is 15.5. The Kier molecular flexibility index (Phi) is 5.86. The van der Waals surface area contributed by atoms with E-state index in [0.29, 0.717) is 5.82 Å². The van der Waals surface area contributed by atoms with E-state index in [9.17, 15) is 4.79 Å². The Hall–Kier alpha value is -3.15. The Balaban J connectivity index is 1.84. The van der Waals surface area contributed by atoms with Crippen LogP contribution in [-0.4, -0.2) is 35.4 Å². The normalized spacial score (nSPS) is 15.3. The molecule has 6 heteroatoms. The molecular weight excluding hydrogens is 340 g/mol. The number of hydrogen-bond donors (Lipinski definition) is 2. The number of piperidine rings is 1. The first kappa shape index (κ1) is 18.6. The summed E-state index contributed by atoms with van der Waals surface area (Å²) in [7, 11) is 0. The van der Waals surface area contributed by atoms with E-state index in [2.05, 4.69) is 38.9 Å². The quantitative estimate of drug-likeness (QED) is 0.593. The van der Waals surface area contributed by atoms with Crippen LogP contribution in [-0.2, 0) is 4.79 Å². The van der Waals surface area contributed by atoms with Crippen molar-refractivity contribution in [3.8, 4) is 0 Å². The molecule has 27 heavy (non-hydrogen) atoms. The number of hydrogen-bond acceptors (Lipinski definition) is 5. The van der Waals surface area contributed by atoms with Gasteiger partial charge in [-0.05, 0) is 50.5 Å². The van der Waals surface area contributed by atoms with Crippen LogP contribution in [0.3, 0.4) is 0 Å². The molecule has 2 heterocycles. The van der Waals surface area contributed by atoms with E-state index < -0.39 is 5.97 Å². The topological polar surface area (TPSA) is 77.8 Å². The minimum atomic E-state index is -1.02. The highest BCUT2D eigenvalue weighted by atomic mass is 16.4. The molecule has 1 aliphatic rings. The van der Waals surface area contributed by atoms with E-state index in [1.807, 2.05) is 12.1 Å². The SMILES string of the molecule is C=C(N=C/C(=C\C)C(=O)O)Nc1ccnc2ccc(N3CCCCC3)cc12. The highest BCUT2D eigenvalue weighted by Gasteiger charge is 2.12. The number of nitrogens with one attached hydrogen (secondary N) is 1. The predicted octanol–water partition coefficient (Wildman–Crippen LogP) is 4.21. The van der Waals surface area contributed by atoms with E-state index in [1.165, 1.54) is 37.2 Å². The Morgan fingerprint density at radius 3 is 2.78 bits per heavy atom. The van der Waals surface area contributed by atoms with Crippen molar-refractivity contribution >= 4 is 34.5 Å². The lowest BCUT2D eigenvalue weighted by molar-refractivity contribution is -0.132. The van der Waals surface area contributed by atoms with Crippen LogP contribution >= 0.6 is 0 Å². The number of anilines is 2. The highest BCUT2D eigenvalue weighted by molar-refractivity contribution is 6.08. The Morgan fingerprint density at radius 1 is 1.30 bits per heavy atom. The van der Waals surface area contributed by atoms with Gasteiger partial charge < -0.3 is 15.3 Å². The molecule has 1 fully saturated rings. The van der Waals surface area contributed by atoms with Gasteiger partial charge in [0, 0.05) is 36.6 Å². The lowest BCUT2D eigenvalue weighted by Gasteiger charge is -2.29. The number of nitrogens with zero attached hydrogens (tertiary/aromatic N) is 3. The largest absolute Gasteiger partial charge is 0.478 e. The van der Waals surface area contributed by atoms with E-state index >= 15 is 0 Å². The number of carboxylic acid groups (broad SMARTS) is 1. The van der Waals surface area contributed by atoms with Crippen molar-refractivity contribution in [2.45, 2.75) is 26.2 Å². The van der Waals surface area contributed by atoms with Crippen molar-refractivity contribution in [1.29, 1.82) is 0 Å². The molecule has 1 saturated heterocycles. The molecule has 1 aromatic carbocycles. The number of aliphatic carboxylic acids is 1. The number of pyridine rings is 1. The molecule has 0 unspecified atom stereocenters. The molecule has 2 N–H and O–H groups in total. The number of carbonyl (C=O) groups is 1. The van der Waals surface area contributed by atoms with Crippen molar-refractivity contribution in [1.82, 2.24) is 4.98 Å². The fourth-order valence-electron chi connectivity index (χ4n) is 3.18. The molecule has 0 radical (unpaired) electrons. The summed E-state index contributed by atoms with van der Waals surface area (Å²) in [6, 6.07) is 8.15. The summed E-state index contributed by atoms with van der Waals surface area (Å²) < 4.78 is 0. The predicted molar refractivity (Wildman–Crippen MR) is 110 cm³/mol. The summed E-state index contributed by atoms with van der Waals surface area (Å²) in [6.07, 6.45) is 8.25. The summed E-state index contributed by atoms with van der Waals surface area (Å²) in [5.74, 6) is -0.652. The molecule has 140 valence electrons. The lowest BCUT2D eigenvalue weighted by Crippen LogP contribution is -2.29. The van der Waals surface area contributed by atoms with Crippen LogP contribution in [0, 0.1) is 0 Å². The lowest BCUT2D eigenvalue weighted by atomic mass is 10.1. The van der Waals surface area contributed by atoms with Gasteiger partial charge in [-0.25, -0.2) is 9.79 Å². The van der Waals surface area contributed by atoms with Gasteiger partial charge in [0.1, 0.15) is 5.82 Å². The molecular formula is C21H24N4O2. The average Bonchev–Trinajstić information content (AvgIpc) is 2.69. The second-order valence-corrected chi connectivity index (χ2v) is 6.49. The van der Waals surface area contributed by atoms with Crippen LogP contribution in [0.1, 0.15) is 26.2 Å². The van der Waals surface area contributed by atoms with Gasteiger partial charge in [0.2, 0.25) is 0 Å². The fraction of sp³-hybridized carbons (Fsp3) is 0.286. The third-order valence-electron chi connectivity index (χ3n) is 4.64. The molecule has 0 atom stereocenters. The van der Waals surface area contributed by atoms with Gasteiger partial charge in [-0.2, -0.15) is 0 Å². The average molecular weight is 364 g/mol. The monoisotopic (exact) mass is 364 g/mol. The highest BCUT2D eigenvalue weighted by Crippen LogP contribution is 2.29. The second kappa shape index (κ2) is 8.49. The summed E-state index contributed by atoms with van der Waals surface area (Å²) >= 11 is 0. The van der Waals surface area contributed by atoms with Gasteiger partial charge in [0.25, 0.3) is 0 Å². The van der Waals surface area contributed by atoms with E-state index in [-0.39, 0.29) is 5.57 Å². The zero-order chi connectivity index (χ0) is 19.2. The molecule has 0 spiro atoms. The number of fused-ring (bicyclic) bond motifs is 1. The van der Waals surface area contributed by atoms with Crippen molar-refractivity contribution < 1.29 is 9.90 Å². The molecule has 0 saturated carbocycles. The van der Waals surface area contributed by atoms with Gasteiger partial charge in [-0.3, -0.25) is 4.98 Å². The molecule has 1 aromatic heterocycles. The number of aromatic nitrogens is 1. The van der Waals surface area contributed by atoms with Gasteiger partial charge in [-0.15, -0.1) is 0 Å². The number of rotatable bonds is 6. The van der Waals surface area contributed by atoms with Crippen molar-refractivity contribution in [3.05, 3.63) is 54.5 Å². The first-order valence-corrected chi connectivity index (χ1v) is 9.12. The van der Waals surface area contributed by atoms with Crippen LogP contribution in [0.2, 0.25) is 0 Å². The number of benzene rings is 1. The standard InChI is InChI=1S/C21H24N4O2/c1-3-16(21(26)27)14-23-15(2)24-20-9-10-22-19-8-7-17(13-18(19)20)25-11-5-4-6-12-25/h3,7-10,13-14H,2,4-6,11-12H2,1H3,(H,22,24)(H,26,27)/b16-3+,23-14?. The van der Waals surface area contributed by atoms with Crippen LogP contribution in [0.4, 0.5) is 11.4 Å². The number of carboxylic acids is 1. The summed E-state index contributed by atoms with van der Waals surface area (Å²) in [5.41, 5.74) is 3.04. The number of allylic oxidation sites excluding steroid dienone is 1. The third kappa shape index (κ3) is 4.53. The van der Waals surface area contributed by atoms with Crippen LogP contribution < -0.4 is 10.2 Å². The molecule has 6 nitrogen and oxygen atoms in total. The summed E-state index contributed by atoms with van der Waals surface area (Å²) in [6.45, 7) is 7.68. The van der Waals surface area contributed by atoms with E-state index in [4.69, 9.17) is 5.11 Å². The fourth-order valence-corrected chi connectivity index (χ4v) is 3.18. The van der Waals surface area contributed by atoms with E-state index in [0.717, 1.165) is 29.7 Å². The first-order valence-electron chi connectivity index (χ1n) is 9.12. The summed E-state index contributed by atoms with van der Waals surface area (Å²) in [4.78, 5) is 22.0. The minimum Gasteiger partial charge on any atom is -0.478 e. The Labute approximate surface area is 158 Å². The molecule has 2 aromatic rings. The zero-order valence-corrected chi connectivity index (χ0v) is 15.5. The van der Waals surface area contributed by atoms with Crippen molar-refractivity contribution in [2.24, 2.45) is 4.99 Å².